The average Bonchev–Trinajstić information content (AvgIpc) is 2.48. The minimum absolute atomic E-state index is 0.0182. The Bertz CT molecular complexity index is 335. The summed E-state index contributed by atoms with van der Waals surface area (Å²) in [7, 11) is 0. The number of nitrogens with one attached hydrogen (secondary N) is 1. The molecule has 0 aromatic carbocycles. The Balaban J connectivity index is 2.75. The van der Waals surface area contributed by atoms with E-state index >= 15 is 0 Å². The van der Waals surface area contributed by atoms with E-state index in [0.717, 1.165) is 17.9 Å². The summed E-state index contributed by atoms with van der Waals surface area (Å²) in [5.74, 6) is 2.21. The van der Waals surface area contributed by atoms with Crippen molar-refractivity contribution in [3.8, 4) is 0 Å². The molecule has 0 aliphatic carbocycles. The largest absolute Gasteiger partial charge is 0.342 e. The topological polar surface area (TPSA) is 49.4 Å². The first-order valence-electron chi connectivity index (χ1n) is 7.14. The lowest BCUT2D eigenvalue weighted by Crippen LogP contribution is -2.56. The molecule has 4 nitrogen and oxygen atoms in total. The van der Waals surface area contributed by atoms with E-state index in [1.54, 1.807) is 0 Å². The quantitative estimate of drug-likeness (QED) is 0.760. The SMILES string of the molecule is CCSCCC(C)N1CCC(=O)NC(C)(CC)C1=O. The summed E-state index contributed by atoms with van der Waals surface area (Å²) < 4.78 is 0. The molecular formula is C14H26N2O2S. The summed E-state index contributed by atoms with van der Waals surface area (Å²) in [6.45, 7) is 8.54. The molecule has 0 radical (unpaired) electrons. The predicted octanol–water partition coefficient (Wildman–Crippen LogP) is 2.04. The molecule has 2 atom stereocenters. The van der Waals surface area contributed by atoms with Gasteiger partial charge >= 0.3 is 0 Å². The van der Waals surface area contributed by atoms with Crippen molar-refractivity contribution in [2.24, 2.45) is 0 Å². The first-order chi connectivity index (χ1) is 8.94. The number of nitrogens with zero attached hydrogens (tertiary/aromatic N) is 1. The predicted molar refractivity (Wildman–Crippen MR) is 80.2 cm³/mol. The molecule has 1 heterocycles. The van der Waals surface area contributed by atoms with Crippen LogP contribution in [0.1, 0.15) is 47.0 Å². The summed E-state index contributed by atoms with van der Waals surface area (Å²) in [5, 5.41) is 2.87. The van der Waals surface area contributed by atoms with E-state index in [1.807, 2.05) is 30.5 Å². The van der Waals surface area contributed by atoms with Crippen LogP contribution in [0.5, 0.6) is 0 Å². The molecule has 0 aromatic rings. The number of hydrogen-bond acceptors (Lipinski definition) is 3. The molecule has 2 amide bonds. The molecule has 1 N–H and O–H groups in total. The van der Waals surface area contributed by atoms with Crippen molar-refractivity contribution in [3.63, 3.8) is 0 Å². The van der Waals surface area contributed by atoms with Gasteiger partial charge in [0, 0.05) is 19.0 Å². The van der Waals surface area contributed by atoms with Gasteiger partial charge in [0.1, 0.15) is 5.54 Å². The fourth-order valence-electron chi connectivity index (χ4n) is 2.28. The van der Waals surface area contributed by atoms with Crippen LogP contribution in [0.25, 0.3) is 0 Å². The van der Waals surface area contributed by atoms with Gasteiger partial charge in [-0.25, -0.2) is 0 Å². The van der Waals surface area contributed by atoms with Crippen molar-refractivity contribution < 1.29 is 9.59 Å². The smallest absolute Gasteiger partial charge is 0.248 e. The molecule has 0 aromatic heterocycles. The number of amides is 2. The summed E-state index contributed by atoms with van der Waals surface area (Å²) in [4.78, 5) is 26.2. The van der Waals surface area contributed by atoms with E-state index in [2.05, 4.69) is 19.2 Å². The number of rotatable bonds is 6. The van der Waals surface area contributed by atoms with Gasteiger partial charge in [0.25, 0.3) is 0 Å². The van der Waals surface area contributed by atoms with E-state index in [0.29, 0.717) is 19.4 Å². The third-order valence-electron chi connectivity index (χ3n) is 3.85. The fraction of sp³-hybridized carbons (Fsp3) is 0.857. The zero-order valence-corrected chi connectivity index (χ0v) is 13.3. The minimum atomic E-state index is -0.736. The van der Waals surface area contributed by atoms with Crippen LogP contribution in [0.15, 0.2) is 0 Å². The Morgan fingerprint density at radius 2 is 2.11 bits per heavy atom. The minimum Gasteiger partial charge on any atom is -0.342 e. The van der Waals surface area contributed by atoms with Gasteiger partial charge in [-0.15, -0.1) is 0 Å². The van der Waals surface area contributed by atoms with E-state index in [-0.39, 0.29) is 17.9 Å². The van der Waals surface area contributed by atoms with Crippen LogP contribution in [0.3, 0.4) is 0 Å². The number of carbonyl (C=O) groups excluding carboxylic acids is 2. The molecule has 0 saturated carbocycles. The highest BCUT2D eigenvalue weighted by atomic mass is 32.2. The molecule has 0 bridgehead atoms. The average molecular weight is 286 g/mol. The number of thioether (sulfide) groups is 1. The lowest BCUT2D eigenvalue weighted by Gasteiger charge is -2.34. The Morgan fingerprint density at radius 3 is 2.68 bits per heavy atom. The molecule has 1 aliphatic heterocycles. The van der Waals surface area contributed by atoms with Gasteiger partial charge in [0.05, 0.1) is 0 Å². The number of hydrogen-bond donors (Lipinski definition) is 1. The Morgan fingerprint density at radius 1 is 1.42 bits per heavy atom. The maximum Gasteiger partial charge on any atom is 0.248 e. The lowest BCUT2D eigenvalue weighted by atomic mass is 9.96. The van der Waals surface area contributed by atoms with Gasteiger partial charge in [-0.2, -0.15) is 11.8 Å². The number of carbonyl (C=O) groups is 2. The van der Waals surface area contributed by atoms with Crippen LogP contribution >= 0.6 is 11.8 Å². The third-order valence-corrected chi connectivity index (χ3v) is 4.78. The Kier molecular flexibility index (Phi) is 6.17. The van der Waals surface area contributed by atoms with Gasteiger partial charge in [-0.05, 0) is 38.2 Å². The van der Waals surface area contributed by atoms with E-state index < -0.39 is 5.54 Å². The van der Waals surface area contributed by atoms with Crippen LogP contribution in [0, 0.1) is 0 Å². The monoisotopic (exact) mass is 286 g/mol. The van der Waals surface area contributed by atoms with E-state index in [4.69, 9.17) is 0 Å². The third kappa shape index (κ3) is 4.13. The fourth-order valence-corrected chi connectivity index (χ4v) is 3.07. The lowest BCUT2D eigenvalue weighted by molar-refractivity contribution is -0.140. The summed E-state index contributed by atoms with van der Waals surface area (Å²) in [6, 6.07) is 0.199. The summed E-state index contributed by atoms with van der Waals surface area (Å²) >= 11 is 1.89. The molecule has 1 saturated heterocycles. The van der Waals surface area contributed by atoms with Crippen molar-refractivity contribution in [2.45, 2.75) is 58.5 Å². The van der Waals surface area contributed by atoms with Crippen LogP contribution in [-0.4, -0.2) is 46.3 Å². The van der Waals surface area contributed by atoms with Crippen molar-refractivity contribution in [1.82, 2.24) is 10.2 Å². The van der Waals surface area contributed by atoms with Gasteiger partial charge in [-0.1, -0.05) is 13.8 Å². The van der Waals surface area contributed by atoms with E-state index in [1.165, 1.54) is 0 Å². The molecule has 0 spiro atoms. The molecule has 2 unspecified atom stereocenters. The second-order valence-electron chi connectivity index (χ2n) is 5.32. The zero-order valence-electron chi connectivity index (χ0n) is 12.5. The van der Waals surface area contributed by atoms with Crippen molar-refractivity contribution in [2.75, 3.05) is 18.1 Å². The normalized spacial score (nSPS) is 26.0. The summed E-state index contributed by atoms with van der Waals surface area (Å²) in [6.07, 6.45) is 2.02. The first-order valence-corrected chi connectivity index (χ1v) is 8.30. The van der Waals surface area contributed by atoms with Crippen LogP contribution in [0.2, 0.25) is 0 Å². The van der Waals surface area contributed by atoms with Crippen molar-refractivity contribution >= 4 is 23.6 Å². The Hall–Kier alpha value is -0.710. The molecule has 5 heteroatoms. The Labute approximate surface area is 120 Å². The summed E-state index contributed by atoms with van der Waals surface area (Å²) in [5.41, 5.74) is -0.736. The van der Waals surface area contributed by atoms with Gasteiger partial charge in [0.15, 0.2) is 0 Å². The molecule has 1 aliphatic rings. The van der Waals surface area contributed by atoms with Gasteiger partial charge in [0.2, 0.25) is 11.8 Å². The molecule has 19 heavy (non-hydrogen) atoms. The van der Waals surface area contributed by atoms with Gasteiger partial charge < -0.3 is 10.2 Å². The van der Waals surface area contributed by atoms with Crippen molar-refractivity contribution in [1.29, 1.82) is 0 Å². The highest BCUT2D eigenvalue weighted by Crippen LogP contribution is 2.21. The van der Waals surface area contributed by atoms with Crippen molar-refractivity contribution in [3.05, 3.63) is 0 Å². The molecule has 110 valence electrons. The van der Waals surface area contributed by atoms with Crippen LogP contribution < -0.4 is 5.32 Å². The highest BCUT2D eigenvalue weighted by molar-refractivity contribution is 7.99. The molecule has 1 rings (SSSR count). The standard InChI is InChI=1S/C14H26N2O2S/c1-5-14(4)13(18)16(9-7-12(17)15-14)11(3)8-10-19-6-2/h11H,5-10H2,1-4H3,(H,15,17). The highest BCUT2D eigenvalue weighted by Gasteiger charge is 2.40. The van der Waals surface area contributed by atoms with Crippen LogP contribution in [-0.2, 0) is 9.59 Å². The van der Waals surface area contributed by atoms with E-state index in [9.17, 15) is 9.59 Å². The zero-order chi connectivity index (χ0) is 14.5. The second kappa shape index (κ2) is 7.17. The maximum absolute atomic E-state index is 12.6. The second-order valence-corrected chi connectivity index (χ2v) is 6.71. The van der Waals surface area contributed by atoms with Gasteiger partial charge in [-0.3, -0.25) is 9.59 Å². The molecule has 1 fully saturated rings. The first kappa shape index (κ1) is 16.3. The maximum atomic E-state index is 12.6. The molecular weight excluding hydrogens is 260 g/mol. The van der Waals surface area contributed by atoms with Crippen LogP contribution in [0.4, 0.5) is 0 Å².